The Bertz CT molecular complexity index is 680. The van der Waals surface area contributed by atoms with Gasteiger partial charge in [0, 0.05) is 6.04 Å². The number of nitrogens with one attached hydrogen (secondary N) is 2. The van der Waals surface area contributed by atoms with Gasteiger partial charge in [0.25, 0.3) is 5.91 Å². The summed E-state index contributed by atoms with van der Waals surface area (Å²) >= 11 is 0. The Labute approximate surface area is 147 Å². The standard InChI is InChI=1S/C16H21N5O2.ClH/c1-11-15(16(22)18-12-7-9-17-10-8-12)19-20-21(11)13-3-5-14(23-2)6-4-13;/h3-6,12,17H,7-10H2,1-2H3,(H,18,22);1H. The van der Waals surface area contributed by atoms with Crippen LogP contribution in [-0.4, -0.2) is 47.1 Å². The van der Waals surface area contributed by atoms with Crippen molar-refractivity contribution >= 4 is 18.3 Å². The van der Waals surface area contributed by atoms with Gasteiger partial charge in [-0.2, -0.15) is 0 Å². The van der Waals surface area contributed by atoms with Crippen LogP contribution in [0.3, 0.4) is 0 Å². The molecule has 1 aliphatic rings. The predicted molar refractivity (Wildman–Crippen MR) is 93.3 cm³/mol. The number of carbonyl (C=O) groups excluding carboxylic acids is 1. The fourth-order valence-electron chi connectivity index (χ4n) is 2.73. The third-order valence-electron chi connectivity index (χ3n) is 4.10. The van der Waals surface area contributed by atoms with Crippen molar-refractivity contribution in [3.63, 3.8) is 0 Å². The molecule has 8 heteroatoms. The fourth-order valence-corrected chi connectivity index (χ4v) is 2.73. The van der Waals surface area contributed by atoms with Gasteiger partial charge in [-0.25, -0.2) is 4.68 Å². The minimum atomic E-state index is -0.158. The van der Waals surface area contributed by atoms with Gasteiger partial charge >= 0.3 is 0 Å². The van der Waals surface area contributed by atoms with Gasteiger partial charge < -0.3 is 15.4 Å². The molecule has 2 aromatic rings. The molecule has 1 saturated heterocycles. The quantitative estimate of drug-likeness (QED) is 0.872. The second kappa shape index (κ2) is 8.12. The molecule has 1 amide bonds. The van der Waals surface area contributed by atoms with Crippen LogP contribution >= 0.6 is 12.4 Å². The van der Waals surface area contributed by atoms with E-state index in [0.29, 0.717) is 5.69 Å². The largest absolute Gasteiger partial charge is 0.497 e. The van der Waals surface area contributed by atoms with E-state index in [1.54, 1.807) is 11.8 Å². The zero-order valence-corrected chi connectivity index (χ0v) is 14.6. The zero-order valence-electron chi connectivity index (χ0n) is 13.8. The number of carbonyl (C=O) groups is 1. The van der Waals surface area contributed by atoms with Gasteiger partial charge in [0.15, 0.2) is 5.69 Å². The van der Waals surface area contributed by atoms with Gasteiger partial charge in [-0.1, -0.05) is 5.21 Å². The third kappa shape index (κ3) is 3.85. The van der Waals surface area contributed by atoms with Gasteiger partial charge in [-0.3, -0.25) is 4.79 Å². The number of ether oxygens (including phenoxy) is 1. The molecule has 0 radical (unpaired) electrons. The maximum atomic E-state index is 12.4. The van der Waals surface area contributed by atoms with Gasteiger partial charge in [-0.15, -0.1) is 17.5 Å². The maximum Gasteiger partial charge on any atom is 0.273 e. The summed E-state index contributed by atoms with van der Waals surface area (Å²) in [7, 11) is 1.62. The first-order valence-electron chi connectivity index (χ1n) is 7.77. The average Bonchev–Trinajstić information content (AvgIpc) is 2.97. The lowest BCUT2D eigenvalue weighted by atomic mass is 10.1. The van der Waals surface area contributed by atoms with E-state index in [4.69, 9.17) is 4.74 Å². The second-order valence-corrected chi connectivity index (χ2v) is 5.63. The molecule has 7 nitrogen and oxygen atoms in total. The Kier molecular flexibility index (Phi) is 6.16. The van der Waals surface area contributed by atoms with E-state index in [1.165, 1.54) is 0 Å². The van der Waals surface area contributed by atoms with E-state index < -0.39 is 0 Å². The summed E-state index contributed by atoms with van der Waals surface area (Å²) in [4.78, 5) is 12.4. The van der Waals surface area contributed by atoms with Crippen LogP contribution in [0.4, 0.5) is 0 Å². The molecule has 1 aliphatic heterocycles. The highest BCUT2D eigenvalue weighted by atomic mass is 35.5. The number of aromatic nitrogens is 3. The third-order valence-corrected chi connectivity index (χ3v) is 4.10. The van der Waals surface area contributed by atoms with Crippen LogP contribution < -0.4 is 15.4 Å². The van der Waals surface area contributed by atoms with E-state index in [1.807, 2.05) is 31.2 Å². The van der Waals surface area contributed by atoms with Crippen LogP contribution in [0.25, 0.3) is 5.69 Å². The molecule has 1 fully saturated rings. The number of amides is 1. The number of hydrogen-bond acceptors (Lipinski definition) is 5. The van der Waals surface area contributed by atoms with Crippen LogP contribution in [-0.2, 0) is 0 Å². The number of rotatable bonds is 4. The van der Waals surface area contributed by atoms with Gasteiger partial charge in [0.2, 0.25) is 0 Å². The number of hydrogen-bond donors (Lipinski definition) is 2. The van der Waals surface area contributed by atoms with Crippen molar-refractivity contribution in [3.05, 3.63) is 35.7 Å². The van der Waals surface area contributed by atoms with Crippen LogP contribution in [0, 0.1) is 6.92 Å². The van der Waals surface area contributed by atoms with Crippen molar-refractivity contribution in [2.45, 2.75) is 25.8 Å². The Balaban J connectivity index is 0.00000208. The SMILES string of the molecule is COc1ccc(-n2nnc(C(=O)NC3CCNCC3)c2C)cc1.Cl. The lowest BCUT2D eigenvalue weighted by molar-refractivity contribution is 0.0923. The van der Waals surface area contributed by atoms with Crippen molar-refractivity contribution in [3.8, 4) is 11.4 Å². The molecule has 0 bridgehead atoms. The molecule has 0 aliphatic carbocycles. The molecule has 3 rings (SSSR count). The number of nitrogens with zero attached hydrogens (tertiary/aromatic N) is 3. The second-order valence-electron chi connectivity index (χ2n) is 5.63. The first-order chi connectivity index (χ1) is 11.2. The number of halogens is 1. The molecule has 1 aromatic carbocycles. The van der Waals surface area contributed by atoms with Crippen LogP contribution in [0.2, 0.25) is 0 Å². The van der Waals surface area contributed by atoms with Crippen molar-refractivity contribution in [1.29, 1.82) is 0 Å². The summed E-state index contributed by atoms with van der Waals surface area (Å²) in [5, 5.41) is 14.5. The van der Waals surface area contributed by atoms with Crippen LogP contribution in [0.15, 0.2) is 24.3 Å². The van der Waals surface area contributed by atoms with Gasteiger partial charge in [-0.05, 0) is 57.1 Å². The molecule has 0 spiro atoms. The molecular formula is C16H22ClN5O2. The van der Waals surface area contributed by atoms with E-state index in [0.717, 1.165) is 43.1 Å². The van der Waals surface area contributed by atoms with E-state index in [2.05, 4.69) is 20.9 Å². The predicted octanol–water partition coefficient (Wildman–Crippen LogP) is 1.49. The highest BCUT2D eigenvalue weighted by Crippen LogP contribution is 2.17. The van der Waals surface area contributed by atoms with E-state index >= 15 is 0 Å². The number of methoxy groups -OCH3 is 1. The summed E-state index contributed by atoms with van der Waals surface area (Å²) in [6.07, 6.45) is 1.88. The fraction of sp³-hybridized carbons (Fsp3) is 0.438. The molecule has 0 saturated carbocycles. The van der Waals surface area contributed by atoms with Crippen molar-refractivity contribution < 1.29 is 9.53 Å². The lowest BCUT2D eigenvalue weighted by Crippen LogP contribution is -2.43. The Morgan fingerprint density at radius 3 is 2.58 bits per heavy atom. The topological polar surface area (TPSA) is 81.1 Å². The molecule has 1 aromatic heterocycles. The summed E-state index contributed by atoms with van der Waals surface area (Å²) in [6.45, 7) is 3.71. The number of benzene rings is 1. The Morgan fingerprint density at radius 2 is 1.96 bits per heavy atom. The molecule has 130 valence electrons. The normalized spacial score (nSPS) is 14.8. The minimum absolute atomic E-state index is 0. The van der Waals surface area contributed by atoms with Crippen LogP contribution in [0.1, 0.15) is 29.0 Å². The van der Waals surface area contributed by atoms with Gasteiger partial charge in [0.05, 0.1) is 18.5 Å². The number of piperidine rings is 1. The molecule has 2 N–H and O–H groups in total. The summed E-state index contributed by atoms with van der Waals surface area (Å²) < 4.78 is 6.81. The highest BCUT2D eigenvalue weighted by molar-refractivity contribution is 5.93. The Hall–Kier alpha value is -2.12. The lowest BCUT2D eigenvalue weighted by Gasteiger charge is -2.23. The summed E-state index contributed by atoms with van der Waals surface area (Å²) in [5.41, 5.74) is 1.94. The summed E-state index contributed by atoms with van der Waals surface area (Å²) in [5.74, 6) is 0.615. The van der Waals surface area contributed by atoms with Gasteiger partial charge in [0.1, 0.15) is 5.75 Å². The first kappa shape index (κ1) is 18.2. The highest BCUT2D eigenvalue weighted by Gasteiger charge is 2.21. The zero-order chi connectivity index (χ0) is 16.2. The molecule has 2 heterocycles. The molecular weight excluding hydrogens is 330 g/mol. The van der Waals surface area contributed by atoms with Crippen molar-refractivity contribution in [1.82, 2.24) is 25.6 Å². The van der Waals surface area contributed by atoms with Crippen LogP contribution in [0.5, 0.6) is 5.75 Å². The average molecular weight is 352 g/mol. The Morgan fingerprint density at radius 1 is 1.29 bits per heavy atom. The van der Waals surface area contributed by atoms with Crippen molar-refractivity contribution in [2.24, 2.45) is 0 Å². The van der Waals surface area contributed by atoms with E-state index in [9.17, 15) is 4.79 Å². The van der Waals surface area contributed by atoms with Crippen molar-refractivity contribution in [2.75, 3.05) is 20.2 Å². The maximum absolute atomic E-state index is 12.4. The molecule has 0 unspecified atom stereocenters. The molecule has 0 atom stereocenters. The monoisotopic (exact) mass is 351 g/mol. The first-order valence-corrected chi connectivity index (χ1v) is 7.77. The summed E-state index contributed by atoms with van der Waals surface area (Å²) in [6, 6.07) is 7.68. The minimum Gasteiger partial charge on any atom is -0.497 e. The smallest absolute Gasteiger partial charge is 0.273 e. The van der Waals surface area contributed by atoms with E-state index in [-0.39, 0.29) is 24.4 Å². The molecule has 24 heavy (non-hydrogen) atoms.